The van der Waals surface area contributed by atoms with E-state index in [1.54, 1.807) is 35.1 Å². The smallest absolute Gasteiger partial charge is 0.192 e. The Hall–Kier alpha value is -2.12. The third-order valence-corrected chi connectivity index (χ3v) is 4.00. The molecule has 1 N–H and O–H groups in total. The summed E-state index contributed by atoms with van der Waals surface area (Å²) >= 11 is 1.37. The SMILES string of the molecule is OCCSc1nnc(-c2ccccc2F)n1Cc1ccco1. The predicted molar refractivity (Wildman–Crippen MR) is 81.0 cm³/mol. The fourth-order valence-electron chi connectivity index (χ4n) is 2.08. The summed E-state index contributed by atoms with van der Waals surface area (Å²) in [6.45, 7) is 0.435. The second-order valence-corrected chi connectivity index (χ2v) is 5.59. The van der Waals surface area contributed by atoms with Crippen molar-refractivity contribution < 1.29 is 13.9 Å². The lowest BCUT2D eigenvalue weighted by Gasteiger charge is -2.09. The van der Waals surface area contributed by atoms with Crippen molar-refractivity contribution in [1.82, 2.24) is 14.8 Å². The molecule has 5 nitrogen and oxygen atoms in total. The second-order valence-electron chi connectivity index (χ2n) is 4.52. The minimum absolute atomic E-state index is 0.0350. The van der Waals surface area contributed by atoms with Gasteiger partial charge in [-0.3, -0.25) is 4.57 Å². The van der Waals surface area contributed by atoms with Crippen LogP contribution in [-0.4, -0.2) is 32.2 Å². The Bertz CT molecular complexity index is 743. The Morgan fingerprint density at radius 2 is 2.05 bits per heavy atom. The highest BCUT2D eigenvalue weighted by atomic mass is 32.2. The molecule has 0 saturated carbocycles. The first kappa shape index (κ1) is 14.8. The molecule has 0 atom stereocenters. The minimum Gasteiger partial charge on any atom is -0.467 e. The van der Waals surface area contributed by atoms with E-state index in [9.17, 15) is 4.39 Å². The lowest BCUT2D eigenvalue weighted by Crippen LogP contribution is -2.05. The van der Waals surface area contributed by atoms with Crippen LogP contribution in [0, 0.1) is 5.82 Å². The number of rotatable bonds is 6. The summed E-state index contributed by atoms with van der Waals surface area (Å²) in [4.78, 5) is 0. The van der Waals surface area contributed by atoms with Crippen molar-refractivity contribution in [2.24, 2.45) is 0 Å². The van der Waals surface area contributed by atoms with Crippen LogP contribution in [0.1, 0.15) is 5.76 Å². The molecule has 0 aliphatic rings. The van der Waals surface area contributed by atoms with Gasteiger partial charge in [-0.2, -0.15) is 0 Å². The molecular weight excluding hydrogens is 305 g/mol. The van der Waals surface area contributed by atoms with Crippen LogP contribution in [-0.2, 0) is 6.54 Å². The van der Waals surface area contributed by atoms with Gasteiger partial charge in [-0.1, -0.05) is 23.9 Å². The maximum absolute atomic E-state index is 14.0. The first-order chi connectivity index (χ1) is 10.8. The number of aromatic nitrogens is 3. The Morgan fingerprint density at radius 3 is 2.77 bits per heavy atom. The first-order valence-electron chi connectivity index (χ1n) is 6.73. The molecule has 7 heteroatoms. The number of hydrogen-bond acceptors (Lipinski definition) is 5. The highest BCUT2D eigenvalue weighted by Gasteiger charge is 2.17. The van der Waals surface area contributed by atoms with Crippen LogP contribution < -0.4 is 0 Å². The minimum atomic E-state index is -0.352. The number of benzene rings is 1. The molecule has 0 aliphatic carbocycles. The molecule has 22 heavy (non-hydrogen) atoms. The molecule has 0 aliphatic heterocycles. The van der Waals surface area contributed by atoms with E-state index in [-0.39, 0.29) is 12.4 Å². The van der Waals surface area contributed by atoms with Crippen LogP contribution >= 0.6 is 11.8 Å². The summed E-state index contributed by atoms with van der Waals surface area (Å²) in [5.41, 5.74) is 0.386. The van der Waals surface area contributed by atoms with Gasteiger partial charge >= 0.3 is 0 Å². The Morgan fingerprint density at radius 1 is 1.18 bits per heavy atom. The van der Waals surface area contributed by atoms with Crippen molar-refractivity contribution in [2.45, 2.75) is 11.7 Å². The number of nitrogens with zero attached hydrogens (tertiary/aromatic N) is 3. The molecule has 1 aromatic carbocycles. The topological polar surface area (TPSA) is 64.1 Å². The molecule has 0 saturated heterocycles. The largest absolute Gasteiger partial charge is 0.467 e. The third-order valence-electron chi connectivity index (χ3n) is 3.05. The lowest BCUT2D eigenvalue weighted by atomic mass is 10.2. The molecule has 0 radical (unpaired) electrons. The summed E-state index contributed by atoms with van der Waals surface area (Å²) in [5.74, 6) is 1.31. The highest BCUT2D eigenvalue weighted by Crippen LogP contribution is 2.26. The summed E-state index contributed by atoms with van der Waals surface area (Å²) < 4.78 is 21.2. The van der Waals surface area contributed by atoms with Crippen LogP contribution in [0.3, 0.4) is 0 Å². The fraction of sp³-hybridized carbons (Fsp3) is 0.200. The number of thioether (sulfide) groups is 1. The predicted octanol–water partition coefficient (Wildman–Crippen LogP) is 2.81. The van der Waals surface area contributed by atoms with Gasteiger partial charge in [0.1, 0.15) is 11.6 Å². The van der Waals surface area contributed by atoms with Crippen LogP contribution in [0.4, 0.5) is 4.39 Å². The van der Waals surface area contributed by atoms with Crippen LogP contribution in [0.2, 0.25) is 0 Å². The molecule has 114 valence electrons. The molecule has 3 rings (SSSR count). The van der Waals surface area contributed by atoms with Gasteiger partial charge in [0.05, 0.1) is 25.0 Å². The summed E-state index contributed by atoms with van der Waals surface area (Å²) in [5, 5.41) is 17.8. The third kappa shape index (κ3) is 3.05. The monoisotopic (exact) mass is 319 g/mol. The van der Waals surface area contributed by atoms with Gasteiger partial charge in [0, 0.05) is 5.75 Å². The molecule has 0 fully saturated rings. The maximum atomic E-state index is 14.0. The van der Waals surface area contributed by atoms with Gasteiger partial charge in [0.2, 0.25) is 0 Å². The molecule has 0 spiro atoms. The average molecular weight is 319 g/mol. The zero-order valence-corrected chi connectivity index (χ0v) is 12.5. The van der Waals surface area contributed by atoms with Gasteiger partial charge in [-0.05, 0) is 24.3 Å². The summed E-state index contributed by atoms with van der Waals surface area (Å²) in [7, 11) is 0. The second kappa shape index (κ2) is 6.76. The van der Waals surface area contributed by atoms with Crippen molar-refractivity contribution in [3.63, 3.8) is 0 Å². The van der Waals surface area contributed by atoms with E-state index in [1.165, 1.54) is 17.8 Å². The molecule has 2 heterocycles. The molecule has 0 bridgehead atoms. The van der Waals surface area contributed by atoms with Gasteiger partial charge in [-0.15, -0.1) is 10.2 Å². The summed E-state index contributed by atoms with van der Waals surface area (Å²) in [6, 6.07) is 10.1. The average Bonchev–Trinajstić information content (AvgIpc) is 3.17. The Labute approximate surface area is 130 Å². The maximum Gasteiger partial charge on any atom is 0.192 e. The number of aliphatic hydroxyl groups excluding tert-OH is 1. The van der Waals surface area contributed by atoms with Gasteiger partial charge in [0.25, 0.3) is 0 Å². The van der Waals surface area contributed by atoms with E-state index in [0.29, 0.717) is 28.8 Å². The zero-order chi connectivity index (χ0) is 15.4. The molecular formula is C15H14FN3O2S. The number of halogens is 1. The van der Waals surface area contributed by atoms with Crippen LogP contribution in [0.25, 0.3) is 11.4 Å². The van der Waals surface area contributed by atoms with E-state index in [1.807, 2.05) is 6.07 Å². The molecule has 0 unspecified atom stereocenters. The number of hydrogen-bond donors (Lipinski definition) is 1. The Kier molecular flexibility index (Phi) is 4.55. The van der Waals surface area contributed by atoms with Gasteiger partial charge < -0.3 is 9.52 Å². The van der Waals surface area contributed by atoms with Crippen LogP contribution in [0.15, 0.2) is 52.2 Å². The normalized spacial score (nSPS) is 11.0. The zero-order valence-electron chi connectivity index (χ0n) is 11.6. The van der Waals surface area contributed by atoms with E-state index in [0.717, 1.165) is 5.76 Å². The van der Waals surface area contributed by atoms with Crippen molar-refractivity contribution in [3.05, 3.63) is 54.2 Å². The van der Waals surface area contributed by atoms with Crippen molar-refractivity contribution >= 4 is 11.8 Å². The van der Waals surface area contributed by atoms with Gasteiger partial charge in [0.15, 0.2) is 11.0 Å². The van der Waals surface area contributed by atoms with Gasteiger partial charge in [-0.25, -0.2) is 4.39 Å². The van der Waals surface area contributed by atoms with Crippen molar-refractivity contribution in [3.8, 4) is 11.4 Å². The van der Waals surface area contributed by atoms with E-state index in [2.05, 4.69) is 10.2 Å². The van der Waals surface area contributed by atoms with Crippen molar-refractivity contribution in [1.29, 1.82) is 0 Å². The van der Waals surface area contributed by atoms with E-state index < -0.39 is 0 Å². The Balaban J connectivity index is 2.02. The standard InChI is InChI=1S/C15H14FN3O2S/c16-13-6-2-1-5-12(13)14-17-18-15(22-9-7-20)19(14)10-11-4-3-8-21-11/h1-6,8,20H,7,9-10H2. The summed E-state index contributed by atoms with van der Waals surface area (Å²) in [6.07, 6.45) is 1.59. The van der Waals surface area contributed by atoms with Crippen LogP contribution in [0.5, 0.6) is 0 Å². The number of furan rings is 1. The quantitative estimate of drug-likeness (QED) is 0.708. The number of aliphatic hydroxyl groups is 1. The van der Waals surface area contributed by atoms with Crippen molar-refractivity contribution in [2.75, 3.05) is 12.4 Å². The highest BCUT2D eigenvalue weighted by molar-refractivity contribution is 7.99. The van der Waals surface area contributed by atoms with E-state index in [4.69, 9.17) is 9.52 Å². The van der Waals surface area contributed by atoms with E-state index >= 15 is 0 Å². The molecule has 2 aromatic heterocycles. The molecule has 3 aromatic rings. The molecule has 0 amide bonds. The fourth-order valence-corrected chi connectivity index (χ4v) is 2.75. The first-order valence-corrected chi connectivity index (χ1v) is 7.72. The lowest BCUT2D eigenvalue weighted by molar-refractivity contribution is 0.322.